The van der Waals surface area contributed by atoms with Gasteiger partial charge in [0.05, 0.1) is 6.04 Å². The molecule has 0 amide bonds. The van der Waals surface area contributed by atoms with Crippen molar-refractivity contribution in [2.24, 2.45) is 0 Å². The normalized spacial score (nSPS) is 12.4. The highest BCUT2D eigenvalue weighted by Crippen LogP contribution is 2.30. The van der Waals surface area contributed by atoms with Crippen molar-refractivity contribution in [2.45, 2.75) is 13.0 Å². The molecule has 0 bridgehead atoms. The van der Waals surface area contributed by atoms with Crippen molar-refractivity contribution in [1.82, 2.24) is 5.32 Å². The minimum Gasteiger partial charge on any atom is -0.306 e. The molecule has 0 spiro atoms. The van der Waals surface area contributed by atoms with Crippen molar-refractivity contribution in [1.29, 1.82) is 0 Å². The monoisotopic (exact) mass is 297 g/mol. The SMILES string of the molecule is CCNC(c1cccc(F)c1)c1cc(Cl)ccc1Cl. The van der Waals surface area contributed by atoms with Crippen LogP contribution >= 0.6 is 23.2 Å². The fourth-order valence-electron chi connectivity index (χ4n) is 2.03. The van der Waals surface area contributed by atoms with Crippen LogP contribution in [-0.2, 0) is 0 Å². The number of hydrogen-bond acceptors (Lipinski definition) is 1. The van der Waals surface area contributed by atoms with Crippen LogP contribution in [0.15, 0.2) is 42.5 Å². The van der Waals surface area contributed by atoms with E-state index in [2.05, 4.69) is 5.32 Å². The van der Waals surface area contributed by atoms with E-state index in [1.165, 1.54) is 12.1 Å². The van der Waals surface area contributed by atoms with Crippen molar-refractivity contribution in [2.75, 3.05) is 6.54 Å². The summed E-state index contributed by atoms with van der Waals surface area (Å²) in [6.07, 6.45) is 0. The molecule has 0 fully saturated rings. The third-order valence-electron chi connectivity index (χ3n) is 2.86. The third kappa shape index (κ3) is 3.47. The van der Waals surface area contributed by atoms with Gasteiger partial charge in [-0.25, -0.2) is 4.39 Å². The van der Waals surface area contributed by atoms with Crippen LogP contribution in [0.5, 0.6) is 0 Å². The largest absolute Gasteiger partial charge is 0.306 e. The second-order valence-corrected chi connectivity index (χ2v) is 5.06. The average Bonchev–Trinajstić information content (AvgIpc) is 2.39. The first-order valence-corrected chi connectivity index (χ1v) is 6.81. The molecule has 0 aliphatic heterocycles. The highest BCUT2D eigenvalue weighted by atomic mass is 35.5. The Balaban J connectivity index is 2.48. The van der Waals surface area contributed by atoms with Crippen LogP contribution < -0.4 is 5.32 Å². The second-order valence-electron chi connectivity index (χ2n) is 4.21. The van der Waals surface area contributed by atoms with Gasteiger partial charge in [-0.05, 0) is 48.0 Å². The summed E-state index contributed by atoms with van der Waals surface area (Å²) in [6, 6.07) is 11.6. The van der Waals surface area contributed by atoms with Gasteiger partial charge in [0.1, 0.15) is 5.82 Å². The van der Waals surface area contributed by atoms with E-state index in [0.29, 0.717) is 10.0 Å². The van der Waals surface area contributed by atoms with Crippen molar-refractivity contribution in [3.8, 4) is 0 Å². The Morgan fingerprint density at radius 1 is 1.16 bits per heavy atom. The van der Waals surface area contributed by atoms with E-state index in [9.17, 15) is 4.39 Å². The maximum absolute atomic E-state index is 13.4. The molecule has 2 aromatic rings. The van der Waals surface area contributed by atoms with Crippen molar-refractivity contribution < 1.29 is 4.39 Å². The average molecular weight is 298 g/mol. The molecule has 1 atom stereocenters. The van der Waals surface area contributed by atoms with E-state index < -0.39 is 0 Å². The Kier molecular flexibility index (Phi) is 4.81. The van der Waals surface area contributed by atoms with Gasteiger partial charge < -0.3 is 5.32 Å². The van der Waals surface area contributed by atoms with Crippen molar-refractivity contribution in [3.63, 3.8) is 0 Å². The highest BCUT2D eigenvalue weighted by Gasteiger charge is 2.17. The lowest BCUT2D eigenvalue weighted by Gasteiger charge is -2.20. The third-order valence-corrected chi connectivity index (χ3v) is 3.44. The number of rotatable bonds is 4. The van der Waals surface area contributed by atoms with Gasteiger partial charge in [0.2, 0.25) is 0 Å². The molecule has 0 aromatic heterocycles. The first kappa shape index (κ1) is 14.3. The fourth-order valence-corrected chi connectivity index (χ4v) is 2.44. The Morgan fingerprint density at radius 2 is 1.95 bits per heavy atom. The van der Waals surface area contributed by atoms with Crippen LogP contribution in [0.4, 0.5) is 4.39 Å². The van der Waals surface area contributed by atoms with Crippen LogP contribution in [0, 0.1) is 5.82 Å². The standard InChI is InChI=1S/C15H14Cl2FN/c1-2-19-15(10-4-3-5-12(18)8-10)13-9-11(16)6-7-14(13)17/h3-9,15,19H,2H2,1H3. The molecular weight excluding hydrogens is 284 g/mol. The van der Waals surface area contributed by atoms with Crippen molar-refractivity contribution in [3.05, 3.63) is 69.5 Å². The van der Waals surface area contributed by atoms with E-state index in [1.807, 2.05) is 19.1 Å². The molecule has 0 saturated heterocycles. The van der Waals surface area contributed by atoms with Crippen LogP contribution in [-0.4, -0.2) is 6.54 Å². The molecule has 4 heteroatoms. The maximum atomic E-state index is 13.4. The van der Waals surface area contributed by atoms with Gasteiger partial charge in [-0.15, -0.1) is 0 Å². The molecule has 1 N–H and O–H groups in total. The summed E-state index contributed by atoms with van der Waals surface area (Å²) in [7, 11) is 0. The second kappa shape index (κ2) is 6.38. The van der Waals surface area contributed by atoms with Gasteiger partial charge in [-0.2, -0.15) is 0 Å². The van der Waals surface area contributed by atoms with Gasteiger partial charge in [0.25, 0.3) is 0 Å². The maximum Gasteiger partial charge on any atom is 0.123 e. The summed E-state index contributed by atoms with van der Waals surface area (Å²) < 4.78 is 13.4. The van der Waals surface area contributed by atoms with Gasteiger partial charge in [-0.1, -0.05) is 42.3 Å². The summed E-state index contributed by atoms with van der Waals surface area (Å²) in [4.78, 5) is 0. The molecule has 2 rings (SSSR count). The minimum absolute atomic E-state index is 0.174. The zero-order valence-corrected chi connectivity index (χ0v) is 12.0. The summed E-state index contributed by atoms with van der Waals surface area (Å²) in [5.74, 6) is -0.265. The molecule has 0 radical (unpaired) electrons. The fraction of sp³-hybridized carbons (Fsp3) is 0.200. The molecule has 0 aliphatic rings. The predicted octanol–water partition coefficient (Wildman–Crippen LogP) is 4.83. The molecule has 1 unspecified atom stereocenters. The van der Waals surface area contributed by atoms with E-state index in [1.54, 1.807) is 18.2 Å². The molecule has 19 heavy (non-hydrogen) atoms. The molecule has 0 saturated carbocycles. The van der Waals surface area contributed by atoms with Crippen LogP contribution in [0.3, 0.4) is 0 Å². The molecular formula is C15H14Cl2FN. The summed E-state index contributed by atoms with van der Waals surface area (Å²) >= 11 is 12.2. The van der Waals surface area contributed by atoms with E-state index in [-0.39, 0.29) is 11.9 Å². The van der Waals surface area contributed by atoms with E-state index in [0.717, 1.165) is 17.7 Å². The van der Waals surface area contributed by atoms with Crippen LogP contribution in [0.2, 0.25) is 10.0 Å². The quantitative estimate of drug-likeness (QED) is 0.852. The van der Waals surface area contributed by atoms with Crippen LogP contribution in [0.25, 0.3) is 0 Å². The molecule has 1 nitrogen and oxygen atoms in total. The number of hydrogen-bond donors (Lipinski definition) is 1. The lowest BCUT2D eigenvalue weighted by Crippen LogP contribution is -2.22. The molecule has 2 aromatic carbocycles. The van der Waals surface area contributed by atoms with Gasteiger partial charge >= 0.3 is 0 Å². The molecule has 0 heterocycles. The number of nitrogens with one attached hydrogen (secondary N) is 1. The Hall–Kier alpha value is -1.09. The summed E-state index contributed by atoms with van der Waals surface area (Å²) in [6.45, 7) is 2.73. The van der Waals surface area contributed by atoms with Gasteiger partial charge in [0, 0.05) is 10.0 Å². The molecule has 0 aliphatic carbocycles. The summed E-state index contributed by atoms with van der Waals surface area (Å²) in [5.41, 5.74) is 1.67. The molecule has 100 valence electrons. The minimum atomic E-state index is -0.265. The Labute approximate surface area is 122 Å². The smallest absolute Gasteiger partial charge is 0.123 e. The predicted molar refractivity (Wildman–Crippen MR) is 78.4 cm³/mol. The first-order valence-electron chi connectivity index (χ1n) is 6.05. The lowest BCUT2D eigenvalue weighted by molar-refractivity contribution is 0.603. The van der Waals surface area contributed by atoms with E-state index >= 15 is 0 Å². The Morgan fingerprint density at radius 3 is 2.63 bits per heavy atom. The topological polar surface area (TPSA) is 12.0 Å². The lowest BCUT2D eigenvalue weighted by atomic mass is 9.98. The van der Waals surface area contributed by atoms with Crippen LogP contribution in [0.1, 0.15) is 24.1 Å². The summed E-state index contributed by atoms with van der Waals surface area (Å²) in [5, 5.41) is 4.52. The first-order chi connectivity index (χ1) is 9.11. The number of benzene rings is 2. The zero-order chi connectivity index (χ0) is 13.8. The zero-order valence-electron chi connectivity index (χ0n) is 10.5. The Bertz CT molecular complexity index is 572. The van der Waals surface area contributed by atoms with Gasteiger partial charge in [0.15, 0.2) is 0 Å². The number of halogens is 3. The van der Waals surface area contributed by atoms with E-state index in [4.69, 9.17) is 23.2 Å². The van der Waals surface area contributed by atoms with Gasteiger partial charge in [-0.3, -0.25) is 0 Å². The highest BCUT2D eigenvalue weighted by molar-refractivity contribution is 6.33. The van der Waals surface area contributed by atoms with Crippen molar-refractivity contribution >= 4 is 23.2 Å².